The Kier molecular flexibility index (Phi) is 3.67. The van der Waals surface area contributed by atoms with Crippen LogP contribution in [0.5, 0.6) is 0 Å². The third kappa shape index (κ3) is 2.50. The number of aromatic carboxylic acids is 1. The average Bonchev–Trinajstić information content (AvgIpc) is 2.96. The number of nitrogens with one attached hydrogen (secondary N) is 1. The first kappa shape index (κ1) is 15.3. The Morgan fingerprint density at radius 1 is 1.35 bits per heavy atom. The Morgan fingerprint density at radius 2 is 2.09 bits per heavy atom. The van der Waals surface area contributed by atoms with Gasteiger partial charge in [0.1, 0.15) is 19.2 Å². The van der Waals surface area contributed by atoms with Gasteiger partial charge in [0.05, 0.1) is 11.4 Å². The zero-order valence-corrected chi connectivity index (χ0v) is 12.3. The lowest BCUT2D eigenvalue weighted by molar-refractivity contribution is 0.0695. The fraction of sp³-hybridized carbons (Fsp3) is 0.200. The maximum atomic E-state index is 14.4. The quantitative estimate of drug-likeness (QED) is 0.820. The highest BCUT2D eigenvalue weighted by Gasteiger charge is 2.29. The Balaban J connectivity index is 2.21. The summed E-state index contributed by atoms with van der Waals surface area (Å²) >= 11 is 0. The molecule has 0 unspecified atom stereocenters. The molecular weight excluding hydrogens is 305 g/mol. The Morgan fingerprint density at radius 3 is 2.74 bits per heavy atom. The van der Waals surface area contributed by atoms with Crippen molar-refractivity contribution >= 4 is 30.7 Å². The Labute approximate surface area is 131 Å². The number of hydrogen-bond acceptors (Lipinski definition) is 3. The van der Waals surface area contributed by atoms with Crippen molar-refractivity contribution in [3.05, 3.63) is 51.4 Å². The molecule has 0 bridgehead atoms. The molecule has 0 fully saturated rings. The molecule has 1 aliphatic rings. The second-order valence-corrected chi connectivity index (χ2v) is 5.48. The van der Waals surface area contributed by atoms with Gasteiger partial charge in [-0.2, -0.15) is 4.39 Å². The molecule has 0 saturated heterocycles. The molecule has 118 valence electrons. The molecule has 8 heteroatoms. The smallest absolute Gasteiger partial charge is 0.339 e. The highest BCUT2D eigenvalue weighted by Crippen LogP contribution is 2.29. The molecule has 1 aromatic carbocycles. The molecule has 0 amide bonds. The van der Waals surface area contributed by atoms with Crippen molar-refractivity contribution in [2.24, 2.45) is 0 Å². The van der Waals surface area contributed by atoms with E-state index >= 15 is 0 Å². The van der Waals surface area contributed by atoms with Crippen molar-refractivity contribution < 1.29 is 18.7 Å². The Bertz CT molecular complexity index is 880. The van der Waals surface area contributed by atoms with Gasteiger partial charge in [-0.05, 0) is 25.0 Å². The van der Waals surface area contributed by atoms with Gasteiger partial charge in [0.25, 0.3) is 5.56 Å². The fourth-order valence-corrected chi connectivity index (χ4v) is 2.84. The van der Waals surface area contributed by atoms with E-state index in [4.69, 9.17) is 0 Å². The first-order chi connectivity index (χ1) is 10.9. The highest BCUT2D eigenvalue weighted by atomic mass is 19.1. The minimum Gasteiger partial charge on any atom is -0.478 e. The van der Waals surface area contributed by atoms with Gasteiger partial charge in [-0.3, -0.25) is 4.79 Å². The van der Waals surface area contributed by atoms with E-state index in [0.717, 1.165) is 4.57 Å². The summed E-state index contributed by atoms with van der Waals surface area (Å²) in [6, 6.07) is 4.21. The lowest BCUT2D eigenvalue weighted by atomic mass is 9.96. The summed E-state index contributed by atoms with van der Waals surface area (Å²) < 4.78 is 29.5. The molecule has 2 heterocycles. The molecule has 0 atom stereocenters. The van der Waals surface area contributed by atoms with Crippen LogP contribution < -0.4 is 16.3 Å². The number of halogens is 2. The summed E-state index contributed by atoms with van der Waals surface area (Å²) in [5.74, 6) is -3.22. The molecule has 0 radical (unpaired) electrons. The van der Waals surface area contributed by atoms with E-state index in [-0.39, 0.29) is 23.5 Å². The number of carboxylic acid groups (broad SMARTS) is 1. The zero-order valence-electron chi connectivity index (χ0n) is 12.3. The van der Waals surface area contributed by atoms with Crippen molar-refractivity contribution in [3.8, 4) is 0 Å². The molecule has 3 rings (SSSR count). The molecule has 0 saturated carbocycles. The normalized spacial score (nSPS) is 13.0. The van der Waals surface area contributed by atoms with Gasteiger partial charge >= 0.3 is 5.97 Å². The van der Waals surface area contributed by atoms with Crippen LogP contribution in [0.4, 0.5) is 20.2 Å². The SMILES string of the molecule is Bc1ccc(Nc2c(C(=O)O)c3n(c(=O)c2F)CCC3)c(F)c1. The summed E-state index contributed by atoms with van der Waals surface area (Å²) in [6.45, 7) is 0.282. The van der Waals surface area contributed by atoms with Crippen molar-refractivity contribution in [2.45, 2.75) is 19.4 Å². The van der Waals surface area contributed by atoms with Crippen LogP contribution in [0.15, 0.2) is 23.0 Å². The van der Waals surface area contributed by atoms with E-state index in [1.807, 2.05) is 0 Å². The number of pyridine rings is 1. The van der Waals surface area contributed by atoms with Crippen LogP contribution in [-0.4, -0.2) is 23.5 Å². The van der Waals surface area contributed by atoms with Gasteiger partial charge in [0.2, 0.25) is 5.82 Å². The maximum absolute atomic E-state index is 14.4. The second-order valence-electron chi connectivity index (χ2n) is 5.48. The average molecular weight is 318 g/mol. The molecule has 2 aromatic rings. The van der Waals surface area contributed by atoms with E-state index in [1.54, 1.807) is 13.9 Å². The molecule has 0 spiro atoms. The fourth-order valence-electron chi connectivity index (χ4n) is 2.84. The van der Waals surface area contributed by atoms with Crippen LogP contribution in [0, 0.1) is 11.6 Å². The Hall–Kier alpha value is -2.64. The predicted octanol–water partition coefficient (Wildman–Crippen LogP) is 0.773. The van der Waals surface area contributed by atoms with E-state index in [0.29, 0.717) is 18.3 Å². The van der Waals surface area contributed by atoms with Gasteiger partial charge < -0.3 is 15.0 Å². The highest BCUT2D eigenvalue weighted by molar-refractivity contribution is 6.32. The monoisotopic (exact) mass is 318 g/mol. The van der Waals surface area contributed by atoms with Crippen LogP contribution in [-0.2, 0) is 13.0 Å². The second kappa shape index (κ2) is 5.53. The molecule has 2 N–H and O–H groups in total. The maximum Gasteiger partial charge on any atom is 0.339 e. The predicted molar refractivity (Wildman–Crippen MR) is 83.8 cm³/mol. The number of anilines is 2. The molecule has 1 aromatic heterocycles. The number of aromatic nitrogens is 1. The van der Waals surface area contributed by atoms with Crippen LogP contribution >= 0.6 is 0 Å². The number of hydrogen-bond donors (Lipinski definition) is 2. The number of rotatable bonds is 3. The molecule has 23 heavy (non-hydrogen) atoms. The summed E-state index contributed by atoms with van der Waals surface area (Å²) in [5, 5.41) is 11.9. The number of benzene rings is 1. The van der Waals surface area contributed by atoms with Gasteiger partial charge in [-0.15, -0.1) is 0 Å². The van der Waals surface area contributed by atoms with Crippen LogP contribution in [0.3, 0.4) is 0 Å². The van der Waals surface area contributed by atoms with Gasteiger partial charge in [0, 0.05) is 12.2 Å². The van der Waals surface area contributed by atoms with Gasteiger partial charge in [0.15, 0.2) is 0 Å². The minimum atomic E-state index is -1.36. The van der Waals surface area contributed by atoms with E-state index in [9.17, 15) is 23.5 Å². The van der Waals surface area contributed by atoms with Crippen molar-refractivity contribution in [1.29, 1.82) is 0 Å². The number of carboxylic acids is 1. The lowest BCUT2D eigenvalue weighted by Crippen LogP contribution is -2.27. The first-order valence-corrected chi connectivity index (χ1v) is 7.11. The van der Waals surface area contributed by atoms with Crippen molar-refractivity contribution in [3.63, 3.8) is 0 Å². The third-order valence-corrected chi connectivity index (χ3v) is 3.91. The van der Waals surface area contributed by atoms with Crippen molar-refractivity contribution in [1.82, 2.24) is 4.57 Å². The summed E-state index contributed by atoms with van der Waals surface area (Å²) in [5.41, 5.74) is -0.852. The summed E-state index contributed by atoms with van der Waals surface area (Å²) in [4.78, 5) is 23.6. The van der Waals surface area contributed by atoms with E-state index < -0.39 is 28.9 Å². The minimum absolute atomic E-state index is 0.0839. The van der Waals surface area contributed by atoms with E-state index in [2.05, 4.69) is 5.32 Å². The molecule has 5 nitrogen and oxygen atoms in total. The van der Waals surface area contributed by atoms with Crippen molar-refractivity contribution in [2.75, 3.05) is 5.32 Å². The first-order valence-electron chi connectivity index (χ1n) is 7.11. The molecule has 1 aliphatic heterocycles. The van der Waals surface area contributed by atoms with Gasteiger partial charge in [-0.25, -0.2) is 9.18 Å². The number of nitrogens with zero attached hydrogens (tertiary/aromatic N) is 1. The van der Waals surface area contributed by atoms with E-state index in [1.165, 1.54) is 12.1 Å². The van der Waals surface area contributed by atoms with Crippen LogP contribution in [0.25, 0.3) is 0 Å². The van der Waals surface area contributed by atoms with Gasteiger partial charge in [-0.1, -0.05) is 11.5 Å². The number of carbonyl (C=O) groups is 1. The van der Waals surface area contributed by atoms with Crippen LogP contribution in [0.1, 0.15) is 22.5 Å². The number of fused-ring (bicyclic) bond motifs is 1. The summed E-state index contributed by atoms with van der Waals surface area (Å²) in [7, 11) is 1.69. The standard InChI is InChI=1S/C15H13BF2N2O3/c16-7-3-4-9(8(17)6-7)19-13-11(15(22)23)10-2-1-5-20(10)14(21)12(13)18/h3-4,6,19H,1-2,5,16H2,(H,22,23). The third-order valence-electron chi connectivity index (χ3n) is 3.91. The topological polar surface area (TPSA) is 71.3 Å². The van der Waals surface area contributed by atoms with Crippen LogP contribution in [0.2, 0.25) is 0 Å². The largest absolute Gasteiger partial charge is 0.478 e. The molecule has 0 aliphatic carbocycles. The molecular formula is C15H13BF2N2O3. The zero-order chi connectivity index (χ0) is 16.7. The summed E-state index contributed by atoms with van der Waals surface area (Å²) in [6.07, 6.45) is 0.930. The lowest BCUT2D eigenvalue weighted by Gasteiger charge is -2.15.